The molecule has 2 heteroatoms. The third kappa shape index (κ3) is 2.09. The van der Waals surface area contributed by atoms with Gasteiger partial charge in [0.25, 0.3) is 0 Å². The van der Waals surface area contributed by atoms with Gasteiger partial charge in [0.05, 0.1) is 0 Å². The van der Waals surface area contributed by atoms with Crippen LogP contribution in [0, 0.1) is 5.92 Å². The van der Waals surface area contributed by atoms with Gasteiger partial charge in [0.1, 0.15) is 0 Å². The predicted octanol–water partition coefficient (Wildman–Crippen LogP) is 2.68. The van der Waals surface area contributed by atoms with E-state index in [1.54, 1.807) is 0 Å². The number of hydrogen-bond donors (Lipinski definition) is 1. The lowest BCUT2D eigenvalue weighted by Gasteiger charge is -2.20. The van der Waals surface area contributed by atoms with E-state index in [4.69, 9.17) is 5.73 Å². The minimum absolute atomic E-state index is 0.773. The second kappa shape index (κ2) is 4.13. The first-order valence-corrected chi connectivity index (χ1v) is 5.81. The van der Waals surface area contributed by atoms with Crippen LogP contribution >= 0.6 is 0 Å². The molecule has 82 valence electrons. The zero-order valence-corrected chi connectivity index (χ0v) is 9.66. The standard InChI is InChI=1S/C13H20N2/c1-10(2)6-8-15-9-7-11-12(14)4-3-5-13(11)15/h3-5,10H,6-9,14H2,1-2H3. The first-order valence-electron chi connectivity index (χ1n) is 5.81. The van der Waals surface area contributed by atoms with Gasteiger partial charge in [-0.1, -0.05) is 19.9 Å². The molecule has 1 aromatic rings. The van der Waals surface area contributed by atoms with Crippen LogP contribution in [0.25, 0.3) is 0 Å². The highest BCUT2D eigenvalue weighted by molar-refractivity contribution is 5.68. The molecule has 0 fully saturated rings. The molecule has 1 heterocycles. The summed E-state index contributed by atoms with van der Waals surface area (Å²) in [5.74, 6) is 0.773. The molecule has 0 saturated carbocycles. The van der Waals surface area contributed by atoms with Gasteiger partial charge in [-0.3, -0.25) is 0 Å². The maximum atomic E-state index is 5.96. The molecule has 0 bridgehead atoms. The van der Waals surface area contributed by atoms with Gasteiger partial charge >= 0.3 is 0 Å². The number of nitrogens with two attached hydrogens (primary N) is 1. The van der Waals surface area contributed by atoms with Crippen LogP contribution in [0.3, 0.4) is 0 Å². The molecule has 0 saturated heterocycles. The summed E-state index contributed by atoms with van der Waals surface area (Å²) in [5, 5.41) is 0. The second-order valence-corrected chi connectivity index (χ2v) is 4.76. The van der Waals surface area contributed by atoms with Gasteiger partial charge in [0.2, 0.25) is 0 Å². The van der Waals surface area contributed by atoms with Gasteiger partial charge < -0.3 is 10.6 Å². The molecule has 0 unspecified atom stereocenters. The van der Waals surface area contributed by atoms with Crippen LogP contribution in [0.15, 0.2) is 18.2 Å². The van der Waals surface area contributed by atoms with E-state index in [1.807, 2.05) is 6.07 Å². The summed E-state index contributed by atoms with van der Waals surface area (Å²) in [6, 6.07) is 6.26. The Bertz CT molecular complexity index is 344. The van der Waals surface area contributed by atoms with Crippen molar-refractivity contribution in [3.8, 4) is 0 Å². The number of hydrogen-bond acceptors (Lipinski definition) is 2. The Balaban J connectivity index is 2.11. The van der Waals surface area contributed by atoms with Gasteiger partial charge in [-0.25, -0.2) is 0 Å². The summed E-state index contributed by atoms with van der Waals surface area (Å²) in [7, 11) is 0. The van der Waals surface area contributed by atoms with Gasteiger partial charge in [-0.15, -0.1) is 0 Å². The largest absolute Gasteiger partial charge is 0.398 e. The topological polar surface area (TPSA) is 29.3 Å². The Kier molecular flexibility index (Phi) is 2.85. The second-order valence-electron chi connectivity index (χ2n) is 4.76. The van der Waals surface area contributed by atoms with Crippen LogP contribution in [-0.2, 0) is 6.42 Å². The third-order valence-corrected chi connectivity index (χ3v) is 3.14. The molecule has 2 rings (SSSR count). The molecule has 0 spiro atoms. The van der Waals surface area contributed by atoms with Crippen molar-refractivity contribution in [2.75, 3.05) is 23.7 Å². The van der Waals surface area contributed by atoms with E-state index in [0.29, 0.717) is 0 Å². The highest BCUT2D eigenvalue weighted by Crippen LogP contribution is 2.32. The predicted molar refractivity (Wildman–Crippen MR) is 66.2 cm³/mol. The Morgan fingerprint density at radius 1 is 1.40 bits per heavy atom. The summed E-state index contributed by atoms with van der Waals surface area (Å²) >= 11 is 0. The van der Waals surface area contributed by atoms with E-state index in [9.17, 15) is 0 Å². The summed E-state index contributed by atoms with van der Waals surface area (Å²) in [6.45, 7) is 6.84. The normalized spacial score (nSPS) is 14.7. The monoisotopic (exact) mass is 204 g/mol. The molecule has 0 aliphatic carbocycles. The molecule has 0 aromatic heterocycles. The molecule has 2 nitrogen and oxygen atoms in total. The van der Waals surface area contributed by atoms with Crippen molar-refractivity contribution < 1.29 is 0 Å². The molecular weight excluding hydrogens is 184 g/mol. The maximum absolute atomic E-state index is 5.96. The van der Waals surface area contributed by atoms with Gasteiger partial charge in [0.15, 0.2) is 0 Å². The zero-order valence-electron chi connectivity index (χ0n) is 9.66. The van der Waals surface area contributed by atoms with Crippen molar-refractivity contribution >= 4 is 11.4 Å². The molecule has 2 N–H and O–H groups in total. The Morgan fingerprint density at radius 3 is 2.93 bits per heavy atom. The fourth-order valence-corrected chi connectivity index (χ4v) is 2.17. The highest BCUT2D eigenvalue weighted by atomic mass is 15.1. The highest BCUT2D eigenvalue weighted by Gasteiger charge is 2.20. The third-order valence-electron chi connectivity index (χ3n) is 3.14. The van der Waals surface area contributed by atoms with Gasteiger partial charge in [-0.2, -0.15) is 0 Å². The van der Waals surface area contributed by atoms with Crippen LogP contribution in [0.5, 0.6) is 0 Å². The lowest BCUT2D eigenvalue weighted by atomic mass is 10.1. The summed E-state index contributed by atoms with van der Waals surface area (Å²) in [5.41, 5.74) is 9.63. The van der Waals surface area contributed by atoms with Gasteiger partial charge in [-0.05, 0) is 30.9 Å². The van der Waals surface area contributed by atoms with Gasteiger partial charge in [0, 0.05) is 30.0 Å². The molecule has 0 radical (unpaired) electrons. The molecule has 1 aliphatic heterocycles. The summed E-state index contributed by atoms with van der Waals surface area (Å²) < 4.78 is 0. The quantitative estimate of drug-likeness (QED) is 0.767. The van der Waals surface area contributed by atoms with Crippen molar-refractivity contribution in [3.05, 3.63) is 23.8 Å². The van der Waals surface area contributed by atoms with Crippen LogP contribution in [0.2, 0.25) is 0 Å². The van der Waals surface area contributed by atoms with E-state index < -0.39 is 0 Å². The molecule has 1 aromatic carbocycles. The number of anilines is 2. The average Bonchev–Trinajstić information content (AvgIpc) is 2.59. The van der Waals surface area contributed by atoms with E-state index in [2.05, 4.69) is 30.9 Å². The number of nitrogens with zero attached hydrogens (tertiary/aromatic N) is 1. The molecular formula is C13H20N2. The van der Waals surface area contributed by atoms with Crippen LogP contribution in [0.4, 0.5) is 11.4 Å². The van der Waals surface area contributed by atoms with Crippen molar-refractivity contribution in [1.82, 2.24) is 0 Å². The number of rotatable bonds is 3. The van der Waals surface area contributed by atoms with E-state index in [0.717, 1.165) is 31.1 Å². The summed E-state index contributed by atoms with van der Waals surface area (Å²) in [6.07, 6.45) is 2.37. The van der Waals surface area contributed by atoms with Crippen LogP contribution in [0.1, 0.15) is 25.8 Å². The minimum Gasteiger partial charge on any atom is -0.398 e. The fraction of sp³-hybridized carbons (Fsp3) is 0.538. The maximum Gasteiger partial charge on any atom is 0.0420 e. The first kappa shape index (κ1) is 10.3. The Morgan fingerprint density at radius 2 is 2.20 bits per heavy atom. The minimum atomic E-state index is 0.773. The van der Waals surface area contributed by atoms with E-state index >= 15 is 0 Å². The Hall–Kier alpha value is -1.18. The van der Waals surface area contributed by atoms with Crippen molar-refractivity contribution in [2.24, 2.45) is 5.92 Å². The molecule has 0 amide bonds. The molecule has 15 heavy (non-hydrogen) atoms. The number of nitrogen functional groups attached to an aromatic ring is 1. The van der Waals surface area contributed by atoms with E-state index in [1.165, 1.54) is 17.7 Å². The number of benzene rings is 1. The van der Waals surface area contributed by atoms with Crippen LogP contribution < -0.4 is 10.6 Å². The molecule has 0 atom stereocenters. The first-order chi connectivity index (χ1) is 7.18. The van der Waals surface area contributed by atoms with Crippen molar-refractivity contribution in [3.63, 3.8) is 0 Å². The zero-order chi connectivity index (χ0) is 10.8. The smallest absolute Gasteiger partial charge is 0.0420 e. The average molecular weight is 204 g/mol. The van der Waals surface area contributed by atoms with E-state index in [-0.39, 0.29) is 0 Å². The summed E-state index contributed by atoms with van der Waals surface area (Å²) in [4.78, 5) is 2.46. The molecule has 1 aliphatic rings. The Labute approximate surface area is 92.1 Å². The van der Waals surface area contributed by atoms with Crippen molar-refractivity contribution in [1.29, 1.82) is 0 Å². The number of fused-ring (bicyclic) bond motifs is 1. The lowest BCUT2D eigenvalue weighted by molar-refractivity contribution is 0.578. The van der Waals surface area contributed by atoms with Crippen LogP contribution in [-0.4, -0.2) is 13.1 Å². The fourth-order valence-electron chi connectivity index (χ4n) is 2.17. The SMILES string of the molecule is CC(C)CCN1CCc2c(N)cccc21. The van der Waals surface area contributed by atoms with Crippen molar-refractivity contribution in [2.45, 2.75) is 26.7 Å². The lowest BCUT2D eigenvalue weighted by Crippen LogP contribution is -2.22.